The average molecular weight is 385 g/mol. The SMILES string of the molecule is NC1=C(c2cc(C(F)(F)F)cc(C(F)(F)F)c2)C(=O)C(c2ccccc2)C1. The maximum absolute atomic E-state index is 13.1. The summed E-state index contributed by atoms with van der Waals surface area (Å²) < 4.78 is 78.4. The van der Waals surface area contributed by atoms with E-state index in [2.05, 4.69) is 0 Å². The number of rotatable bonds is 2. The van der Waals surface area contributed by atoms with Crippen LogP contribution in [0.4, 0.5) is 26.3 Å². The molecule has 0 spiro atoms. The molecule has 1 atom stereocenters. The standard InChI is InChI=1S/C19H13F6NO/c20-18(21,22)12-6-11(7-13(8-12)19(23,24)25)16-15(26)9-14(17(16)27)10-4-2-1-3-5-10/h1-8,14H,9,26H2. The van der Waals surface area contributed by atoms with Gasteiger partial charge in [0.25, 0.3) is 0 Å². The number of carbonyl (C=O) groups is 1. The van der Waals surface area contributed by atoms with Crippen LogP contribution in [-0.4, -0.2) is 5.78 Å². The van der Waals surface area contributed by atoms with Crippen molar-refractivity contribution in [2.45, 2.75) is 24.7 Å². The number of hydrogen-bond acceptors (Lipinski definition) is 2. The monoisotopic (exact) mass is 385 g/mol. The van der Waals surface area contributed by atoms with Gasteiger partial charge in [-0.25, -0.2) is 0 Å². The number of carbonyl (C=O) groups excluding carboxylic acids is 1. The fraction of sp³-hybridized carbons (Fsp3) is 0.211. The Morgan fingerprint density at radius 3 is 1.85 bits per heavy atom. The van der Waals surface area contributed by atoms with Gasteiger partial charge in [0.1, 0.15) is 0 Å². The van der Waals surface area contributed by atoms with Gasteiger partial charge < -0.3 is 5.73 Å². The Kier molecular flexibility index (Phi) is 4.53. The molecule has 2 aromatic rings. The fourth-order valence-electron chi connectivity index (χ4n) is 3.13. The van der Waals surface area contributed by atoms with Gasteiger partial charge in [-0.1, -0.05) is 30.3 Å². The van der Waals surface area contributed by atoms with Gasteiger partial charge in [0.05, 0.1) is 17.0 Å². The van der Waals surface area contributed by atoms with Crippen LogP contribution in [0, 0.1) is 0 Å². The molecule has 8 heteroatoms. The summed E-state index contributed by atoms with van der Waals surface area (Å²) in [5.74, 6) is -1.32. The van der Waals surface area contributed by atoms with Crippen LogP contribution in [0.2, 0.25) is 0 Å². The third kappa shape index (κ3) is 3.70. The number of benzene rings is 2. The molecule has 2 N–H and O–H groups in total. The lowest BCUT2D eigenvalue weighted by molar-refractivity contribution is -0.143. The van der Waals surface area contributed by atoms with Gasteiger partial charge in [0, 0.05) is 17.7 Å². The number of nitrogens with two attached hydrogens (primary N) is 1. The zero-order valence-corrected chi connectivity index (χ0v) is 13.7. The number of ketones is 1. The summed E-state index contributed by atoms with van der Waals surface area (Å²) in [6.07, 6.45) is -9.95. The van der Waals surface area contributed by atoms with E-state index in [1.165, 1.54) is 0 Å². The van der Waals surface area contributed by atoms with Crippen LogP contribution in [0.25, 0.3) is 5.57 Å². The number of halogens is 6. The molecular weight excluding hydrogens is 372 g/mol. The summed E-state index contributed by atoms with van der Waals surface area (Å²) >= 11 is 0. The third-order valence-electron chi connectivity index (χ3n) is 4.39. The number of alkyl halides is 6. The first kappa shape index (κ1) is 19.0. The van der Waals surface area contributed by atoms with E-state index in [9.17, 15) is 31.1 Å². The molecule has 0 radical (unpaired) electrons. The molecule has 0 bridgehead atoms. The van der Waals surface area contributed by atoms with Crippen molar-refractivity contribution >= 4 is 11.4 Å². The molecule has 0 aromatic heterocycles. The molecule has 0 heterocycles. The second-order valence-corrected chi connectivity index (χ2v) is 6.23. The van der Waals surface area contributed by atoms with Crippen LogP contribution in [-0.2, 0) is 17.1 Å². The Bertz CT molecular complexity index is 880. The minimum Gasteiger partial charge on any atom is -0.401 e. The van der Waals surface area contributed by atoms with Crippen molar-refractivity contribution in [3.63, 3.8) is 0 Å². The van der Waals surface area contributed by atoms with E-state index in [1.54, 1.807) is 30.3 Å². The lowest BCUT2D eigenvalue weighted by atomic mass is 9.91. The summed E-state index contributed by atoms with van der Waals surface area (Å²) in [6.45, 7) is 0. The lowest BCUT2D eigenvalue weighted by Gasteiger charge is -2.15. The van der Waals surface area contributed by atoms with Crippen molar-refractivity contribution < 1.29 is 31.1 Å². The van der Waals surface area contributed by atoms with Crippen LogP contribution in [0.1, 0.15) is 34.6 Å². The van der Waals surface area contributed by atoms with Crippen LogP contribution >= 0.6 is 0 Å². The molecule has 2 aromatic carbocycles. The number of hydrogen-bond donors (Lipinski definition) is 1. The molecule has 0 fully saturated rings. The zero-order valence-electron chi connectivity index (χ0n) is 13.7. The molecule has 1 unspecified atom stereocenters. The van der Waals surface area contributed by atoms with Crippen LogP contribution in [0.3, 0.4) is 0 Å². The number of Topliss-reactive ketones (excluding diaryl/α,β-unsaturated/α-hetero) is 1. The van der Waals surface area contributed by atoms with Gasteiger partial charge in [-0.3, -0.25) is 4.79 Å². The first-order valence-electron chi connectivity index (χ1n) is 7.86. The molecule has 142 valence electrons. The molecule has 0 saturated carbocycles. The topological polar surface area (TPSA) is 43.1 Å². The third-order valence-corrected chi connectivity index (χ3v) is 4.39. The molecule has 1 aliphatic carbocycles. The van der Waals surface area contributed by atoms with Gasteiger partial charge in [-0.15, -0.1) is 0 Å². The van der Waals surface area contributed by atoms with E-state index >= 15 is 0 Å². The van der Waals surface area contributed by atoms with Gasteiger partial charge in [-0.05, 0) is 29.3 Å². The predicted octanol–water partition coefficient (Wildman–Crippen LogP) is 5.15. The molecule has 2 nitrogen and oxygen atoms in total. The Hall–Kier alpha value is -2.77. The van der Waals surface area contributed by atoms with E-state index in [0.717, 1.165) is 0 Å². The predicted molar refractivity (Wildman–Crippen MR) is 86.4 cm³/mol. The van der Waals surface area contributed by atoms with Crippen molar-refractivity contribution in [3.05, 3.63) is 76.5 Å². The largest absolute Gasteiger partial charge is 0.416 e. The first-order chi connectivity index (χ1) is 12.5. The highest BCUT2D eigenvalue weighted by Crippen LogP contribution is 2.42. The molecule has 0 aliphatic heterocycles. The van der Waals surface area contributed by atoms with Gasteiger partial charge in [-0.2, -0.15) is 26.3 Å². The van der Waals surface area contributed by atoms with E-state index in [1.807, 2.05) is 0 Å². The highest BCUT2D eigenvalue weighted by atomic mass is 19.4. The minimum atomic E-state index is -4.99. The van der Waals surface area contributed by atoms with Crippen molar-refractivity contribution in [3.8, 4) is 0 Å². The molecule has 27 heavy (non-hydrogen) atoms. The first-order valence-corrected chi connectivity index (χ1v) is 7.86. The lowest BCUT2D eigenvalue weighted by Crippen LogP contribution is -2.13. The van der Waals surface area contributed by atoms with Crippen molar-refractivity contribution in [1.82, 2.24) is 0 Å². The molecule has 3 rings (SSSR count). The van der Waals surface area contributed by atoms with Crippen LogP contribution in [0.5, 0.6) is 0 Å². The quantitative estimate of drug-likeness (QED) is 0.727. The van der Waals surface area contributed by atoms with Crippen LogP contribution in [0.15, 0.2) is 54.2 Å². The van der Waals surface area contributed by atoms with Crippen molar-refractivity contribution in [2.24, 2.45) is 5.73 Å². The molecule has 1 aliphatic rings. The van der Waals surface area contributed by atoms with Gasteiger partial charge >= 0.3 is 12.4 Å². The highest BCUT2D eigenvalue weighted by Gasteiger charge is 2.39. The Morgan fingerprint density at radius 2 is 1.37 bits per heavy atom. The zero-order chi connectivity index (χ0) is 20.0. The summed E-state index contributed by atoms with van der Waals surface area (Å²) in [4.78, 5) is 12.7. The summed E-state index contributed by atoms with van der Waals surface area (Å²) in [7, 11) is 0. The second-order valence-electron chi connectivity index (χ2n) is 6.23. The van der Waals surface area contributed by atoms with E-state index < -0.39 is 40.7 Å². The number of allylic oxidation sites excluding steroid dienone is 2. The van der Waals surface area contributed by atoms with Crippen molar-refractivity contribution in [2.75, 3.05) is 0 Å². The molecule has 0 amide bonds. The molecule has 0 saturated heterocycles. The van der Waals surface area contributed by atoms with Crippen LogP contribution < -0.4 is 5.73 Å². The maximum Gasteiger partial charge on any atom is 0.416 e. The summed E-state index contributed by atoms with van der Waals surface area (Å²) in [6, 6.07) is 9.49. The fourth-order valence-corrected chi connectivity index (χ4v) is 3.13. The Balaban J connectivity index is 2.10. The van der Waals surface area contributed by atoms with E-state index in [-0.39, 0.29) is 23.8 Å². The summed E-state index contributed by atoms with van der Waals surface area (Å²) in [5, 5.41) is 0. The normalized spacial score (nSPS) is 18.3. The smallest absolute Gasteiger partial charge is 0.401 e. The Morgan fingerprint density at radius 1 is 0.852 bits per heavy atom. The average Bonchev–Trinajstić information content (AvgIpc) is 2.88. The van der Waals surface area contributed by atoms with E-state index in [0.29, 0.717) is 17.7 Å². The minimum absolute atomic E-state index is 0.0222. The summed E-state index contributed by atoms with van der Waals surface area (Å²) in [5.41, 5.74) is 2.69. The molecular formula is C19H13F6NO. The Labute approximate surface area is 150 Å². The maximum atomic E-state index is 13.1. The van der Waals surface area contributed by atoms with E-state index in [4.69, 9.17) is 5.73 Å². The van der Waals surface area contributed by atoms with Gasteiger partial charge in [0.2, 0.25) is 0 Å². The van der Waals surface area contributed by atoms with Crippen molar-refractivity contribution in [1.29, 1.82) is 0 Å². The second kappa shape index (κ2) is 6.44. The van der Waals surface area contributed by atoms with Gasteiger partial charge in [0.15, 0.2) is 5.78 Å². The highest BCUT2D eigenvalue weighted by molar-refractivity contribution is 6.26.